The number of rotatable bonds is 13. The second-order valence-electron chi connectivity index (χ2n) is 25.1. The molecule has 11 aliphatic carbocycles. The molecule has 0 amide bonds. The molecular weight excluding hydrogens is 989 g/mol. The highest BCUT2D eigenvalue weighted by atomic mass is 16.6. The number of esters is 8. The summed E-state index contributed by atoms with van der Waals surface area (Å²) in [5, 5.41) is 0. The van der Waals surface area contributed by atoms with E-state index in [-0.39, 0.29) is 90.5 Å². The van der Waals surface area contributed by atoms with Gasteiger partial charge in [0, 0.05) is 50.0 Å². The first-order valence-electron chi connectivity index (χ1n) is 28.5. The second-order valence-corrected chi connectivity index (χ2v) is 25.1. The number of fused-ring (bicyclic) bond motifs is 18. The normalized spacial score (nSPS) is 39.6. The maximum absolute atomic E-state index is 11.8. The van der Waals surface area contributed by atoms with E-state index in [2.05, 4.69) is 26.3 Å². The SMILES string of the molecule is C=C(C)C(=O)OC1CC2CC1C1C3CC(OC(C)=O)C(C3)C21.C=C(C)C(=O)OC1CC2CC1C1CC(OC(C)=O)CC21.C=C(C)C(=O)OC1CC2CC1CC2COC(C)=O.C=C(C)C(=O)OC1CC2CC1CC2OC(C)=O. The summed E-state index contributed by atoms with van der Waals surface area (Å²) in [5.41, 5.74) is 1.84. The van der Waals surface area contributed by atoms with Crippen molar-refractivity contribution >= 4 is 47.8 Å². The molecule has 16 nitrogen and oxygen atoms in total. The van der Waals surface area contributed by atoms with Crippen LogP contribution < -0.4 is 0 Å². The molecule has 0 N–H and O–H groups in total. The van der Waals surface area contributed by atoms with Gasteiger partial charge in [-0.3, -0.25) is 19.2 Å². The highest BCUT2D eigenvalue weighted by Crippen LogP contribution is 2.68. The van der Waals surface area contributed by atoms with Gasteiger partial charge < -0.3 is 37.9 Å². The fourth-order valence-corrected chi connectivity index (χ4v) is 16.9. The van der Waals surface area contributed by atoms with Crippen LogP contribution in [0.3, 0.4) is 0 Å². The molecule has 0 aromatic heterocycles. The highest BCUT2D eigenvalue weighted by Gasteiger charge is 2.66. The Bertz CT molecular complexity index is 2370. The third kappa shape index (κ3) is 13.1. The van der Waals surface area contributed by atoms with Gasteiger partial charge in [0.15, 0.2) is 0 Å². The van der Waals surface area contributed by atoms with Crippen molar-refractivity contribution in [2.75, 3.05) is 6.61 Å². The molecule has 77 heavy (non-hydrogen) atoms. The molecule has 0 aliphatic heterocycles. The smallest absolute Gasteiger partial charge is 0.333 e. The Morgan fingerprint density at radius 1 is 0.312 bits per heavy atom. The van der Waals surface area contributed by atoms with Crippen molar-refractivity contribution in [1.82, 2.24) is 0 Å². The van der Waals surface area contributed by atoms with Gasteiger partial charge >= 0.3 is 47.8 Å². The molecule has 0 saturated heterocycles. The van der Waals surface area contributed by atoms with Crippen molar-refractivity contribution in [3.05, 3.63) is 48.6 Å². The van der Waals surface area contributed by atoms with E-state index in [0.717, 1.165) is 77.0 Å². The zero-order valence-corrected chi connectivity index (χ0v) is 46.7. The summed E-state index contributed by atoms with van der Waals surface area (Å²) in [7, 11) is 0. The van der Waals surface area contributed by atoms with Crippen LogP contribution in [0.15, 0.2) is 48.6 Å². The van der Waals surface area contributed by atoms with E-state index in [4.69, 9.17) is 37.9 Å². The molecule has 0 heterocycles. The predicted octanol–water partition coefficient (Wildman–Crippen LogP) is 9.11. The van der Waals surface area contributed by atoms with E-state index in [9.17, 15) is 38.4 Å². The van der Waals surface area contributed by atoms with Crippen LogP contribution in [0, 0.1) is 88.8 Å². The van der Waals surface area contributed by atoms with Crippen LogP contribution in [0.25, 0.3) is 0 Å². The quantitative estimate of drug-likeness (QED) is 0.0728. The predicted molar refractivity (Wildman–Crippen MR) is 279 cm³/mol. The molecule has 0 aromatic rings. The first kappa shape index (κ1) is 57.9. The molecule has 10 bridgehead atoms. The van der Waals surface area contributed by atoms with Crippen LogP contribution in [0.5, 0.6) is 0 Å². The Morgan fingerprint density at radius 2 is 0.662 bits per heavy atom. The lowest BCUT2D eigenvalue weighted by Crippen LogP contribution is -2.42. The van der Waals surface area contributed by atoms with Crippen molar-refractivity contribution in [2.24, 2.45) is 88.8 Å². The lowest BCUT2D eigenvalue weighted by atomic mass is 9.69. The summed E-state index contributed by atoms with van der Waals surface area (Å²) in [6.45, 7) is 27.6. The largest absolute Gasteiger partial charge is 0.466 e. The van der Waals surface area contributed by atoms with E-state index >= 15 is 0 Å². The average Bonchev–Trinajstić information content (AvgIpc) is 4.26. The molecule has 22 atom stereocenters. The zero-order valence-electron chi connectivity index (χ0n) is 46.7. The van der Waals surface area contributed by atoms with E-state index in [1.807, 2.05) is 0 Å². The maximum atomic E-state index is 11.8. The Labute approximate surface area is 454 Å². The van der Waals surface area contributed by atoms with Crippen molar-refractivity contribution in [1.29, 1.82) is 0 Å². The second kappa shape index (κ2) is 24.0. The summed E-state index contributed by atoms with van der Waals surface area (Å²) in [4.78, 5) is 90.5. The summed E-state index contributed by atoms with van der Waals surface area (Å²) in [5.74, 6) is 6.23. The van der Waals surface area contributed by atoms with Crippen LogP contribution in [0.2, 0.25) is 0 Å². The summed E-state index contributed by atoms with van der Waals surface area (Å²) in [6, 6.07) is 0. The van der Waals surface area contributed by atoms with E-state index in [0.29, 0.717) is 118 Å². The number of ether oxygens (including phenoxy) is 8. The van der Waals surface area contributed by atoms with Gasteiger partial charge in [0.2, 0.25) is 0 Å². The zero-order chi connectivity index (χ0) is 55.9. The van der Waals surface area contributed by atoms with Crippen molar-refractivity contribution in [3.63, 3.8) is 0 Å². The lowest BCUT2D eigenvalue weighted by molar-refractivity contribution is -0.156. The van der Waals surface area contributed by atoms with Crippen LogP contribution in [-0.2, 0) is 76.3 Å². The molecule has 11 saturated carbocycles. The minimum atomic E-state index is -0.313. The lowest BCUT2D eigenvalue weighted by Gasteiger charge is -2.40. The molecule has 11 fully saturated rings. The molecular formula is C61H84O16. The van der Waals surface area contributed by atoms with Gasteiger partial charge in [-0.05, 0) is 206 Å². The van der Waals surface area contributed by atoms with Crippen molar-refractivity contribution in [2.45, 2.75) is 188 Å². The van der Waals surface area contributed by atoms with Gasteiger partial charge in [-0.2, -0.15) is 0 Å². The summed E-state index contributed by atoms with van der Waals surface area (Å²) < 4.78 is 43.3. The van der Waals surface area contributed by atoms with Gasteiger partial charge in [0.1, 0.15) is 42.7 Å². The minimum Gasteiger partial charge on any atom is -0.466 e. The number of hydrogen-bond donors (Lipinski definition) is 0. The monoisotopic (exact) mass is 1070 g/mol. The van der Waals surface area contributed by atoms with Gasteiger partial charge in [-0.15, -0.1) is 0 Å². The Hall–Kier alpha value is -5.28. The average molecular weight is 1070 g/mol. The van der Waals surface area contributed by atoms with Crippen LogP contribution >= 0.6 is 0 Å². The van der Waals surface area contributed by atoms with Gasteiger partial charge in [0.25, 0.3) is 0 Å². The molecule has 16 heteroatoms. The molecule has 0 radical (unpaired) electrons. The Morgan fingerprint density at radius 3 is 1.09 bits per heavy atom. The summed E-state index contributed by atoms with van der Waals surface area (Å²) >= 11 is 0. The van der Waals surface area contributed by atoms with Gasteiger partial charge in [-0.25, -0.2) is 19.2 Å². The minimum absolute atomic E-state index is 0.0176. The van der Waals surface area contributed by atoms with E-state index in [1.54, 1.807) is 27.7 Å². The first-order chi connectivity index (χ1) is 36.3. The van der Waals surface area contributed by atoms with Crippen LogP contribution in [-0.4, -0.2) is 97.1 Å². The van der Waals surface area contributed by atoms with Gasteiger partial charge in [0.05, 0.1) is 6.61 Å². The van der Waals surface area contributed by atoms with Crippen molar-refractivity contribution < 1.29 is 76.3 Å². The van der Waals surface area contributed by atoms with Crippen LogP contribution in [0.4, 0.5) is 0 Å². The van der Waals surface area contributed by atoms with E-state index < -0.39 is 0 Å². The molecule has 22 unspecified atom stereocenters. The maximum Gasteiger partial charge on any atom is 0.333 e. The number of carbonyl (C=O) groups excluding carboxylic acids is 8. The molecule has 11 aliphatic rings. The Balaban J connectivity index is 0.000000137. The Kier molecular flexibility index (Phi) is 18.0. The summed E-state index contributed by atoms with van der Waals surface area (Å²) in [6.07, 6.45) is 14.4. The number of hydrogen-bond acceptors (Lipinski definition) is 16. The third-order valence-corrected chi connectivity index (χ3v) is 19.6. The molecule has 11 rings (SSSR count). The fourth-order valence-electron chi connectivity index (χ4n) is 16.9. The van der Waals surface area contributed by atoms with Crippen LogP contribution in [0.1, 0.15) is 145 Å². The standard InChI is InChI=1S/C18H24O4.C16H22O4.C14H20O4.C13H18O4/c1-8(2)18(20)22-15-7-11-5-13(15)17-10-4-12(16(11)17)14(6-10)21-9(3)19;1-8(2)16(18)20-15-5-10-4-14(15)13-7-11(6-12(10)13)19-9(3)17;1-8(2)14(16)18-13-6-10-4-11(13)5-12(10)7-17-9(3)15;1-7(2)13(15)17-12-6-9-4-10(12)5-11(9)16-8(3)14/h10-17H,1,4-7H2,2-3H3;10-15H,1,4-7H2,2-3H3;10-13H,1,4-7H2,2-3H3;9-12H,1,4-6H2,2-3H3. The topological polar surface area (TPSA) is 210 Å². The first-order valence-corrected chi connectivity index (χ1v) is 28.5. The molecule has 0 spiro atoms. The van der Waals surface area contributed by atoms with Gasteiger partial charge in [-0.1, -0.05) is 26.3 Å². The van der Waals surface area contributed by atoms with E-state index in [1.165, 1.54) is 40.5 Å². The fraction of sp³-hybridized carbons (Fsp3) is 0.738. The molecule has 0 aromatic carbocycles. The molecule has 424 valence electrons. The van der Waals surface area contributed by atoms with Crippen molar-refractivity contribution in [3.8, 4) is 0 Å². The third-order valence-electron chi connectivity index (χ3n) is 19.6. The number of carbonyl (C=O) groups is 8. The highest BCUT2D eigenvalue weighted by molar-refractivity contribution is 5.88.